The van der Waals surface area contributed by atoms with Crippen LogP contribution in [0.25, 0.3) is 6.08 Å². The molecule has 0 bridgehead atoms. The largest absolute Gasteiger partial charge is 0.478 e. The molecule has 6 heteroatoms. The number of nitrogens with zero attached hydrogens (tertiary/aromatic N) is 2. The van der Waals surface area contributed by atoms with E-state index in [1.807, 2.05) is 18.2 Å². The van der Waals surface area contributed by atoms with Gasteiger partial charge in [-0.2, -0.15) is 0 Å². The lowest BCUT2D eigenvalue weighted by Gasteiger charge is -2.29. The quantitative estimate of drug-likeness (QED) is 0.609. The van der Waals surface area contributed by atoms with Crippen LogP contribution in [0.4, 0.5) is 0 Å². The van der Waals surface area contributed by atoms with Crippen LogP contribution in [-0.2, 0) is 11.3 Å². The molecule has 0 spiro atoms. The summed E-state index contributed by atoms with van der Waals surface area (Å²) in [7, 11) is 1.70. The van der Waals surface area contributed by atoms with Gasteiger partial charge in [-0.15, -0.1) is 0 Å². The van der Waals surface area contributed by atoms with Crippen molar-refractivity contribution in [2.75, 3.05) is 27.0 Å². The molecule has 26 heavy (non-hydrogen) atoms. The van der Waals surface area contributed by atoms with Crippen LogP contribution >= 0.6 is 0 Å². The molecule has 0 fully saturated rings. The van der Waals surface area contributed by atoms with E-state index in [9.17, 15) is 4.79 Å². The van der Waals surface area contributed by atoms with Gasteiger partial charge in [-0.05, 0) is 42.3 Å². The van der Waals surface area contributed by atoms with Crippen molar-refractivity contribution >= 4 is 11.9 Å². The fourth-order valence-electron chi connectivity index (χ4n) is 3.19. The fourth-order valence-corrected chi connectivity index (χ4v) is 3.19. The molecule has 0 unspecified atom stereocenters. The van der Waals surface area contributed by atoms with E-state index in [1.165, 1.54) is 0 Å². The van der Waals surface area contributed by atoms with Gasteiger partial charge in [0.25, 0.3) is 0 Å². The minimum atomic E-state index is -0.101. The molecule has 0 saturated carbocycles. The molecule has 3 heterocycles. The minimum Gasteiger partial charge on any atom is -0.478 e. The number of allylic oxidation sites excluding steroid dienone is 1. The first-order valence-electron chi connectivity index (χ1n) is 8.60. The van der Waals surface area contributed by atoms with E-state index in [4.69, 9.17) is 14.2 Å². The Morgan fingerprint density at radius 3 is 2.92 bits per heavy atom. The molecule has 0 aliphatic carbocycles. The first-order valence-corrected chi connectivity index (χ1v) is 8.60. The van der Waals surface area contributed by atoms with E-state index in [1.54, 1.807) is 31.6 Å². The summed E-state index contributed by atoms with van der Waals surface area (Å²) in [4.78, 5) is 18.9. The first-order chi connectivity index (χ1) is 12.8. The van der Waals surface area contributed by atoms with Gasteiger partial charge in [-0.1, -0.05) is 0 Å². The average Bonchev–Trinajstić information content (AvgIpc) is 2.99. The topological polar surface area (TPSA) is 60.9 Å². The van der Waals surface area contributed by atoms with E-state index in [2.05, 4.69) is 9.88 Å². The van der Waals surface area contributed by atoms with Crippen LogP contribution in [0.5, 0.6) is 11.5 Å². The summed E-state index contributed by atoms with van der Waals surface area (Å²) in [5, 5.41) is 0. The maximum atomic E-state index is 12.7. The Balaban J connectivity index is 1.59. The Labute approximate surface area is 152 Å². The Morgan fingerprint density at radius 1 is 1.27 bits per heavy atom. The van der Waals surface area contributed by atoms with Gasteiger partial charge in [0.15, 0.2) is 5.76 Å². The van der Waals surface area contributed by atoms with Crippen molar-refractivity contribution in [1.82, 2.24) is 9.88 Å². The molecule has 2 aliphatic rings. The number of carbonyl (C=O) groups excluding carboxylic acids is 1. The van der Waals surface area contributed by atoms with Crippen molar-refractivity contribution in [2.45, 2.75) is 13.0 Å². The lowest BCUT2D eigenvalue weighted by Crippen LogP contribution is -2.33. The SMILES string of the molecule is COCCCN1COc2ccc3c(c2C1)O/C(=C\c1ccncc1)C3=O. The average molecular weight is 352 g/mol. The number of fused-ring (bicyclic) bond motifs is 3. The van der Waals surface area contributed by atoms with E-state index in [0.717, 1.165) is 29.8 Å². The summed E-state index contributed by atoms with van der Waals surface area (Å²) < 4.78 is 16.9. The van der Waals surface area contributed by atoms with Crippen LogP contribution in [0.3, 0.4) is 0 Å². The number of hydrogen-bond donors (Lipinski definition) is 0. The Morgan fingerprint density at radius 2 is 2.12 bits per heavy atom. The number of ether oxygens (including phenoxy) is 3. The number of ketones is 1. The molecule has 0 radical (unpaired) electrons. The van der Waals surface area contributed by atoms with Gasteiger partial charge < -0.3 is 14.2 Å². The van der Waals surface area contributed by atoms with Gasteiger partial charge in [-0.25, -0.2) is 0 Å². The fraction of sp³-hybridized carbons (Fsp3) is 0.300. The van der Waals surface area contributed by atoms with Gasteiger partial charge in [-0.3, -0.25) is 14.7 Å². The Hall–Kier alpha value is -2.70. The van der Waals surface area contributed by atoms with E-state index in [-0.39, 0.29) is 5.78 Å². The normalized spacial score (nSPS) is 17.6. The van der Waals surface area contributed by atoms with Crippen LogP contribution < -0.4 is 9.47 Å². The molecule has 2 aromatic rings. The van der Waals surface area contributed by atoms with E-state index < -0.39 is 0 Å². The summed E-state index contributed by atoms with van der Waals surface area (Å²) in [5.41, 5.74) is 2.39. The van der Waals surface area contributed by atoms with Crippen LogP contribution in [0.2, 0.25) is 0 Å². The third-order valence-corrected chi connectivity index (χ3v) is 4.51. The molecule has 2 aliphatic heterocycles. The first kappa shape index (κ1) is 16.8. The number of Topliss-reactive ketones (excluding diaryl/α,β-unsaturated/α-hetero) is 1. The summed E-state index contributed by atoms with van der Waals surface area (Å²) in [5.74, 6) is 1.63. The predicted octanol–water partition coefficient (Wildman–Crippen LogP) is 2.89. The number of carbonyl (C=O) groups is 1. The highest BCUT2D eigenvalue weighted by molar-refractivity contribution is 6.15. The standard InChI is InChI=1S/C20H20N2O4/c1-24-10-2-9-22-12-16-17(25-13-22)4-3-15-19(23)18(26-20(15)16)11-14-5-7-21-8-6-14/h3-8,11H,2,9-10,12-13H2,1H3/b18-11-. The van der Waals surface area contributed by atoms with Crippen LogP contribution in [0.15, 0.2) is 42.4 Å². The number of rotatable bonds is 5. The highest BCUT2D eigenvalue weighted by atomic mass is 16.5. The zero-order chi connectivity index (χ0) is 17.9. The van der Waals surface area contributed by atoms with Crippen molar-refractivity contribution in [3.05, 3.63) is 59.1 Å². The van der Waals surface area contributed by atoms with Crippen LogP contribution in [0, 0.1) is 0 Å². The molecule has 6 nitrogen and oxygen atoms in total. The molecule has 0 saturated heterocycles. The van der Waals surface area contributed by atoms with Crippen LogP contribution in [0.1, 0.15) is 27.9 Å². The number of aromatic nitrogens is 1. The highest BCUT2D eigenvalue weighted by Gasteiger charge is 2.33. The monoisotopic (exact) mass is 352 g/mol. The van der Waals surface area contributed by atoms with E-state index in [0.29, 0.717) is 37.0 Å². The molecular formula is C20H20N2O4. The molecule has 134 valence electrons. The minimum absolute atomic E-state index is 0.101. The van der Waals surface area contributed by atoms with Crippen LogP contribution in [-0.4, -0.2) is 42.7 Å². The van der Waals surface area contributed by atoms with Gasteiger partial charge >= 0.3 is 0 Å². The van der Waals surface area contributed by atoms with Crippen molar-refractivity contribution in [3.8, 4) is 11.5 Å². The third kappa shape index (κ3) is 3.21. The summed E-state index contributed by atoms with van der Waals surface area (Å²) in [6.45, 7) is 2.80. The lowest BCUT2D eigenvalue weighted by molar-refractivity contribution is 0.0823. The van der Waals surface area contributed by atoms with Gasteiger partial charge in [0, 0.05) is 39.2 Å². The molecule has 4 rings (SSSR count). The zero-order valence-corrected chi connectivity index (χ0v) is 14.6. The predicted molar refractivity (Wildman–Crippen MR) is 96.0 cm³/mol. The number of pyridine rings is 1. The highest BCUT2D eigenvalue weighted by Crippen LogP contribution is 2.41. The zero-order valence-electron chi connectivity index (χ0n) is 14.6. The van der Waals surface area contributed by atoms with Gasteiger partial charge in [0.05, 0.1) is 11.1 Å². The van der Waals surface area contributed by atoms with E-state index >= 15 is 0 Å². The molecule has 0 N–H and O–H groups in total. The summed E-state index contributed by atoms with van der Waals surface area (Å²) in [6, 6.07) is 7.31. The second kappa shape index (κ2) is 7.27. The Bertz CT molecular complexity index is 848. The second-order valence-electron chi connectivity index (χ2n) is 6.31. The van der Waals surface area contributed by atoms with Gasteiger partial charge in [0.1, 0.15) is 18.2 Å². The lowest BCUT2D eigenvalue weighted by atomic mass is 10.0. The van der Waals surface area contributed by atoms with Crippen molar-refractivity contribution < 1.29 is 19.0 Å². The second-order valence-corrected chi connectivity index (χ2v) is 6.31. The number of benzene rings is 1. The maximum absolute atomic E-state index is 12.7. The third-order valence-electron chi connectivity index (χ3n) is 4.51. The smallest absolute Gasteiger partial charge is 0.231 e. The number of hydrogen-bond acceptors (Lipinski definition) is 6. The van der Waals surface area contributed by atoms with Crippen molar-refractivity contribution in [1.29, 1.82) is 0 Å². The summed E-state index contributed by atoms with van der Waals surface area (Å²) >= 11 is 0. The maximum Gasteiger partial charge on any atom is 0.231 e. The number of methoxy groups -OCH3 is 1. The van der Waals surface area contributed by atoms with Gasteiger partial charge in [0.2, 0.25) is 5.78 Å². The summed E-state index contributed by atoms with van der Waals surface area (Å²) in [6.07, 6.45) is 6.05. The molecule has 1 aromatic carbocycles. The van der Waals surface area contributed by atoms with Crippen molar-refractivity contribution in [3.63, 3.8) is 0 Å². The van der Waals surface area contributed by atoms with Crippen molar-refractivity contribution in [2.24, 2.45) is 0 Å². The molecule has 0 amide bonds. The molecular weight excluding hydrogens is 332 g/mol. The molecule has 0 atom stereocenters. The Kier molecular flexibility index (Phi) is 4.69. The molecule has 1 aromatic heterocycles.